The highest BCUT2D eigenvalue weighted by Crippen LogP contribution is 2.13. The molecule has 1 aromatic carbocycles. The maximum Gasteiger partial charge on any atom is 0.359 e. The lowest BCUT2D eigenvalue weighted by Crippen LogP contribution is -2.49. The summed E-state index contributed by atoms with van der Waals surface area (Å²) in [5, 5.41) is 5.09. The van der Waals surface area contributed by atoms with Gasteiger partial charge >= 0.3 is 5.97 Å². The van der Waals surface area contributed by atoms with E-state index in [0.29, 0.717) is 21.9 Å². The predicted octanol–water partition coefficient (Wildman–Crippen LogP) is 2.12. The first-order valence-corrected chi connectivity index (χ1v) is 9.44. The molecule has 2 aromatic rings. The maximum absolute atomic E-state index is 13.0. The molecule has 0 aliphatic heterocycles. The number of ether oxygens (including phenoxy) is 2. The van der Waals surface area contributed by atoms with Gasteiger partial charge in [0.25, 0.3) is 5.56 Å². The van der Waals surface area contributed by atoms with Crippen LogP contribution in [-0.2, 0) is 4.74 Å². The number of alkyl halides is 1. The topological polar surface area (TPSA) is 70.4 Å². The molecule has 0 fully saturated rings. The Morgan fingerprint density at radius 2 is 2.00 bits per heavy atom. The normalized spacial score (nSPS) is 12.7. The number of hydrogen-bond acceptors (Lipinski definition) is 5. The van der Waals surface area contributed by atoms with Crippen molar-refractivity contribution in [2.45, 2.75) is 20.8 Å². The van der Waals surface area contributed by atoms with Gasteiger partial charge in [0.15, 0.2) is 5.69 Å². The molecule has 0 spiro atoms. The van der Waals surface area contributed by atoms with Crippen molar-refractivity contribution in [3.05, 3.63) is 50.8 Å². The van der Waals surface area contributed by atoms with Crippen LogP contribution in [0, 0.1) is 0 Å². The van der Waals surface area contributed by atoms with E-state index in [9.17, 15) is 14.0 Å². The molecule has 1 aromatic heterocycles. The number of halogens is 2. The second kappa shape index (κ2) is 9.63. The molecule has 0 atom stereocenters. The number of hydrogen-bond donors (Lipinski definition) is 0. The largest absolute Gasteiger partial charge is 0.491 e. The second-order valence-corrected chi connectivity index (χ2v) is 7.05. The average Bonchev–Trinajstić information content (AvgIpc) is 2.66. The van der Waals surface area contributed by atoms with Crippen molar-refractivity contribution >= 4 is 38.2 Å². The van der Waals surface area contributed by atoms with Crippen LogP contribution in [-0.4, -0.2) is 35.6 Å². The van der Waals surface area contributed by atoms with Gasteiger partial charge in [-0.05, 0) is 67.6 Å². The molecule has 144 valence electrons. The van der Waals surface area contributed by atoms with E-state index in [1.165, 1.54) is 0 Å². The van der Waals surface area contributed by atoms with Crippen LogP contribution in [0.3, 0.4) is 0 Å². The summed E-state index contributed by atoms with van der Waals surface area (Å²) in [6.45, 7) is 4.80. The molecule has 0 bridgehead atoms. The Morgan fingerprint density at radius 1 is 1.33 bits per heavy atom. The maximum atomic E-state index is 13.0. The Balaban J connectivity index is 2.72. The standard InChI is InChI=1S/C19H20FIN2O4/c1-4-15-16(12(3)21)18(24)23(22-17(15)19(25)26-5-2)13-6-8-14(9-7-13)27-11-10-20/h4,6-9H,5,10-11H2,1-3H3/b15-4+,16-12-. The molecule has 0 aliphatic carbocycles. The van der Waals surface area contributed by atoms with E-state index in [1.54, 1.807) is 51.1 Å². The number of benzene rings is 1. The zero-order valence-electron chi connectivity index (χ0n) is 15.3. The summed E-state index contributed by atoms with van der Waals surface area (Å²) >= 11 is 2.05. The Labute approximate surface area is 169 Å². The van der Waals surface area contributed by atoms with Gasteiger partial charge in [0.2, 0.25) is 0 Å². The molecular weight excluding hydrogens is 466 g/mol. The number of aromatic nitrogens is 2. The molecule has 0 saturated carbocycles. The Hall–Kier alpha value is -2.23. The molecule has 0 aliphatic rings. The first kappa shape index (κ1) is 21.1. The zero-order chi connectivity index (χ0) is 20.0. The molecule has 2 rings (SSSR count). The van der Waals surface area contributed by atoms with Crippen LogP contribution in [0.25, 0.3) is 15.3 Å². The Kier molecular flexibility index (Phi) is 7.52. The molecule has 6 nitrogen and oxygen atoms in total. The molecule has 0 radical (unpaired) electrons. The number of esters is 1. The zero-order valence-corrected chi connectivity index (χ0v) is 17.4. The van der Waals surface area contributed by atoms with Gasteiger partial charge in [0, 0.05) is 8.80 Å². The van der Waals surface area contributed by atoms with Gasteiger partial charge in [0.1, 0.15) is 19.0 Å². The van der Waals surface area contributed by atoms with E-state index in [-0.39, 0.29) is 24.5 Å². The lowest BCUT2D eigenvalue weighted by molar-refractivity contribution is 0.0515. The van der Waals surface area contributed by atoms with Gasteiger partial charge in [-0.15, -0.1) is 0 Å². The molecule has 27 heavy (non-hydrogen) atoms. The smallest absolute Gasteiger partial charge is 0.359 e. The number of carbonyl (C=O) groups is 1. The highest BCUT2D eigenvalue weighted by atomic mass is 127. The Bertz CT molecular complexity index is 996. The summed E-state index contributed by atoms with van der Waals surface area (Å²) in [6.07, 6.45) is 1.68. The Morgan fingerprint density at radius 3 is 2.52 bits per heavy atom. The molecule has 0 saturated heterocycles. The molecule has 8 heteroatoms. The molecule has 0 N–H and O–H groups in total. The van der Waals surface area contributed by atoms with Crippen molar-refractivity contribution in [2.75, 3.05) is 19.9 Å². The van der Waals surface area contributed by atoms with Gasteiger partial charge in [-0.1, -0.05) is 6.08 Å². The number of rotatable bonds is 6. The van der Waals surface area contributed by atoms with Crippen LogP contribution in [0.15, 0.2) is 29.1 Å². The first-order chi connectivity index (χ1) is 12.9. The van der Waals surface area contributed by atoms with Crippen molar-refractivity contribution in [3.63, 3.8) is 0 Å². The van der Waals surface area contributed by atoms with E-state index >= 15 is 0 Å². The van der Waals surface area contributed by atoms with E-state index in [4.69, 9.17) is 9.47 Å². The van der Waals surface area contributed by atoms with Crippen LogP contribution in [0.1, 0.15) is 31.3 Å². The fraction of sp³-hybridized carbons (Fsp3) is 0.316. The monoisotopic (exact) mass is 486 g/mol. The molecule has 1 heterocycles. The van der Waals surface area contributed by atoms with E-state index in [0.717, 1.165) is 8.26 Å². The van der Waals surface area contributed by atoms with E-state index in [1.807, 2.05) is 22.6 Å². The van der Waals surface area contributed by atoms with Crippen molar-refractivity contribution in [2.24, 2.45) is 0 Å². The van der Waals surface area contributed by atoms with E-state index in [2.05, 4.69) is 5.10 Å². The minimum Gasteiger partial charge on any atom is -0.491 e. The van der Waals surface area contributed by atoms with Crippen molar-refractivity contribution in [3.8, 4) is 11.4 Å². The van der Waals surface area contributed by atoms with Gasteiger partial charge in [0.05, 0.1) is 17.5 Å². The van der Waals surface area contributed by atoms with Gasteiger partial charge in [-0.3, -0.25) is 4.79 Å². The quantitative estimate of drug-likeness (QED) is 0.463. The second-order valence-electron chi connectivity index (χ2n) is 5.43. The van der Waals surface area contributed by atoms with E-state index < -0.39 is 12.6 Å². The minimum atomic E-state index is -0.596. The number of carbonyl (C=O) groups excluding carboxylic acids is 1. The fourth-order valence-electron chi connectivity index (χ4n) is 2.52. The molecule has 0 unspecified atom stereocenters. The summed E-state index contributed by atoms with van der Waals surface area (Å²) in [7, 11) is 0. The summed E-state index contributed by atoms with van der Waals surface area (Å²) in [5.74, 6) is -0.119. The van der Waals surface area contributed by atoms with Gasteiger partial charge in [-0.25, -0.2) is 9.18 Å². The predicted molar refractivity (Wildman–Crippen MR) is 110 cm³/mol. The highest BCUT2D eigenvalue weighted by Gasteiger charge is 2.17. The SMILES string of the molecule is C/C=c1/c(C(=O)OCC)nn(-c2ccc(OCCF)cc2)c(=O)/c1=C(/C)I. The van der Waals surface area contributed by atoms with Crippen molar-refractivity contribution in [1.82, 2.24) is 9.78 Å². The fourth-order valence-corrected chi connectivity index (χ4v) is 3.04. The lowest BCUT2D eigenvalue weighted by atomic mass is 10.2. The summed E-state index contributed by atoms with van der Waals surface area (Å²) in [6, 6.07) is 6.48. The van der Waals surface area contributed by atoms with Crippen LogP contribution < -0.4 is 20.7 Å². The van der Waals surface area contributed by atoms with Crippen LogP contribution in [0.4, 0.5) is 4.39 Å². The van der Waals surface area contributed by atoms with Crippen LogP contribution in [0.2, 0.25) is 0 Å². The van der Waals surface area contributed by atoms with Crippen LogP contribution in [0.5, 0.6) is 5.75 Å². The highest BCUT2D eigenvalue weighted by molar-refractivity contribution is 14.1. The third kappa shape index (κ3) is 4.74. The molecule has 0 amide bonds. The summed E-state index contributed by atoms with van der Waals surface area (Å²) < 4.78 is 24.4. The van der Waals surface area contributed by atoms with Gasteiger partial charge < -0.3 is 9.47 Å². The first-order valence-electron chi connectivity index (χ1n) is 8.37. The van der Waals surface area contributed by atoms with Gasteiger partial charge in [-0.2, -0.15) is 9.78 Å². The average molecular weight is 486 g/mol. The van der Waals surface area contributed by atoms with Crippen molar-refractivity contribution in [1.29, 1.82) is 0 Å². The summed E-state index contributed by atoms with van der Waals surface area (Å²) in [5.41, 5.74) is 0.183. The molecular formula is C19H20FIN2O4. The summed E-state index contributed by atoms with van der Waals surface area (Å²) in [4.78, 5) is 25.4. The van der Waals surface area contributed by atoms with Crippen LogP contribution >= 0.6 is 22.6 Å². The minimum absolute atomic E-state index is 0.0429. The number of nitrogens with zero attached hydrogens (tertiary/aromatic N) is 2. The third-order valence-electron chi connectivity index (χ3n) is 3.66. The third-order valence-corrected chi connectivity index (χ3v) is 4.20. The van der Waals surface area contributed by atoms with Crippen molar-refractivity contribution < 1.29 is 18.7 Å². The lowest BCUT2D eigenvalue weighted by Gasteiger charge is -2.10.